The van der Waals surface area contributed by atoms with Crippen molar-refractivity contribution in [3.05, 3.63) is 53.3 Å². The van der Waals surface area contributed by atoms with E-state index in [2.05, 4.69) is 16.0 Å². The number of aryl methyl sites for hydroxylation is 1. The number of hydrogen-bond acceptors (Lipinski definition) is 3. The monoisotopic (exact) mass is 383 g/mol. The molecule has 0 radical (unpaired) electrons. The number of rotatable bonds is 5. The van der Waals surface area contributed by atoms with Gasteiger partial charge in [0.15, 0.2) is 0 Å². The maximum absolute atomic E-state index is 13.5. The van der Waals surface area contributed by atoms with Gasteiger partial charge < -0.3 is 16.0 Å². The second-order valence-electron chi connectivity index (χ2n) is 5.81. The highest BCUT2D eigenvalue weighted by molar-refractivity contribution is 5.94. The maximum Gasteiger partial charge on any atom is 0.418 e. The first-order valence-electron chi connectivity index (χ1n) is 7.85. The predicted octanol–water partition coefficient (Wildman–Crippen LogP) is 4.16. The van der Waals surface area contributed by atoms with E-state index in [1.54, 1.807) is 6.92 Å². The van der Waals surface area contributed by atoms with E-state index in [4.69, 9.17) is 0 Å². The van der Waals surface area contributed by atoms with Crippen LogP contribution in [-0.2, 0) is 15.8 Å². The summed E-state index contributed by atoms with van der Waals surface area (Å²) < 4.78 is 53.1. The lowest BCUT2D eigenvalue weighted by atomic mass is 10.1. The molecule has 0 saturated heterocycles. The summed E-state index contributed by atoms with van der Waals surface area (Å²) in [6.07, 6.45) is -4.69. The van der Waals surface area contributed by atoms with Crippen LogP contribution in [0, 0.1) is 12.7 Å². The van der Waals surface area contributed by atoms with Crippen LogP contribution in [0.1, 0.15) is 18.1 Å². The van der Waals surface area contributed by atoms with Crippen molar-refractivity contribution in [1.82, 2.24) is 0 Å². The van der Waals surface area contributed by atoms with Crippen molar-refractivity contribution in [2.24, 2.45) is 0 Å². The molecule has 27 heavy (non-hydrogen) atoms. The fourth-order valence-electron chi connectivity index (χ4n) is 2.27. The third-order valence-corrected chi connectivity index (χ3v) is 3.54. The molecular formula is C18H17F4N3O2. The van der Waals surface area contributed by atoms with Gasteiger partial charge in [0.25, 0.3) is 0 Å². The molecule has 144 valence electrons. The van der Waals surface area contributed by atoms with E-state index in [0.717, 1.165) is 18.2 Å². The van der Waals surface area contributed by atoms with Crippen molar-refractivity contribution in [2.45, 2.75) is 20.0 Å². The zero-order valence-electron chi connectivity index (χ0n) is 14.5. The molecule has 2 rings (SSSR count). The lowest BCUT2D eigenvalue weighted by Gasteiger charge is -2.16. The molecule has 0 aliphatic rings. The van der Waals surface area contributed by atoms with Gasteiger partial charge in [0.05, 0.1) is 12.1 Å². The normalized spacial score (nSPS) is 11.0. The van der Waals surface area contributed by atoms with E-state index in [1.165, 1.54) is 25.1 Å². The average molecular weight is 383 g/mol. The fourth-order valence-corrected chi connectivity index (χ4v) is 2.27. The summed E-state index contributed by atoms with van der Waals surface area (Å²) in [5.74, 6) is -1.65. The Hall–Kier alpha value is -3.10. The number of alkyl halides is 3. The van der Waals surface area contributed by atoms with E-state index in [0.29, 0.717) is 5.56 Å². The van der Waals surface area contributed by atoms with Crippen LogP contribution in [0.25, 0.3) is 0 Å². The molecule has 0 heterocycles. The Kier molecular flexibility index (Phi) is 6.04. The Morgan fingerprint density at radius 2 is 1.63 bits per heavy atom. The Bertz CT molecular complexity index is 866. The minimum Gasteiger partial charge on any atom is -0.376 e. The molecule has 0 aliphatic heterocycles. The zero-order chi connectivity index (χ0) is 20.2. The Labute approximate surface area is 152 Å². The molecular weight excluding hydrogens is 366 g/mol. The zero-order valence-corrected chi connectivity index (χ0v) is 14.5. The van der Waals surface area contributed by atoms with Crippen molar-refractivity contribution in [3.8, 4) is 0 Å². The Morgan fingerprint density at radius 3 is 2.22 bits per heavy atom. The third-order valence-electron chi connectivity index (χ3n) is 3.54. The predicted molar refractivity (Wildman–Crippen MR) is 94.0 cm³/mol. The third kappa shape index (κ3) is 5.70. The summed E-state index contributed by atoms with van der Waals surface area (Å²) in [6.45, 7) is 2.28. The van der Waals surface area contributed by atoms with E-state index in [-0.39, 0.29) is 17.1 Å². The van der Waals surface area contributed by atoms with Gasteiger partial charge >= 0.3 is 6.18 Å². The Morgan fingerprint density at radius 1 is 1.00 bits per heavy atom. The van der Waals surface area contributed by atoms with E-state index >= 15 is 0 Å². The van der Waals surface area contributed by atoms with Crippen LogP contribution in [0.5, 0.6) is 0 Å². The van der Waals surface area contributed by atoms with Crippen LogP contribution in [-0.4, -0.2) is 18.4 Å². The second-order valence-corrected chi connectivity index (χ2v) is 5.81. The largest absolute Gasteiger partial charge is 0.418 e. The van der Waals surface area contributed by atoms with Crippen LogP contribution in [0.2, 0.25) is 0 Å². The quantitative estimate of drug-likeness (QED) is 0.679. The number of benzene rings is 2. The summed E-state index contributed by atoms with van der Waals surface area (Å²) in [5.41, 5.74) is -0.758. The molecule has 0 aromatic heterocycles. The number of amides is 2. The van der Waals surface area contributed by atoms with Gasteiger partial charge in [-0.3, -0.25) is 9.59 Å². The molecule has 0 spiro atoms. The van der Waals surface area contributed by atoms with Crippen molar-refractivity contribution < 1.29 is 27.2 Å². The molecule has 5 nitrogen and oxygen atoms in total. The molecule has 9 heteroatoms. The van der Waals surface area contributed by atoms with Gasteiger partial charge in [0.2, 0.25) is 11.8 Å². The van der Waals surface area contributed by atoms with Crippen LogP contribution in [0.4, 0.5) is 34.6 Å². The minimum atomic E-state index is -4.69. The fraction of sp³-hybridized carbons (Fsp3) is 0.222. The molecule has 0 atom stereocenters. The smallest absolute Gasteiger partial charge is 0.376 e. The van der Waals surface area contributed by atoms with E-state index in [9.17, 15) is 27.2 Å². The van der Waals surface area contributed by atoms with Gasteiger partial charge in [-0.15, -0.1) is 0 Å². The molecule has 0 fully saturated rings. The molecule has 0 aliphatic carbocycles. The van der Waals surface area contributed by atoms with Crippen molar-refractivity contribution in [1.29, 1.82) is 0 Å². The summed E-state index contributed by atoms with van der Waals surface area (Å²) in [5, 5.41) is 7.07. The molecule has 3 N–H and O–H groups in total. The van der Waals surface area contributed by atoms with Gasteiger partial charge in [0, 0.05) is 24.0 Å². The molecule has 2 aromatic rings. The topological polar surface area (TPSA) is 70.2 Å². The summed E-state index contributed by atoms with van der Waals surface area (Å²) in [7, 11) is 0. The van der Waals surface area contributed by atoms with Crippen LogP contribution in [0.15, 0.2) is 36.4 Å². The van der Waals surface area contributed by atoms with Gasteiger partial charge in [-0.1, -0.05) is 6.07 Å². The highest BCUT2D eigenvalue weighted by Crippen LogP contribution is 2.36. The molecule has 2 aromatic carbocycles. The standard InChI is InChI=1S/C18H17F4N3O2/c1-10-3-4-13(8-15(10)19)25-17(27)9-23-16-6-5-12(24-11(2)26)7-14(16)18(20,21)22/h3-8,23H,9H2,1-2H3,(H,24,26)(H,25,27). The van der Waals surface area contributed by atoms with Crippen LogP contribution >= 0.6 is 0 Å². The molecule has 0 bridgehead atoms. The van der Waals surface area contributed by atoms with Gasteiger partial charge in [-0.05, 0) is 42.8 Å². The first kappa shape index (κ1) is 20.2. The lowest BCUT2D eigenvalue weighted by Crippen LogP contribution is -2.23. The van der Waals surface area contributed by atoms with Gasteiger partial charge in [0.1, 0.15) is 5.82 Å². The first-order chi connectivity index (χ1) is 12.6. The highest BCUT2D eigenvalue weighted by Gasteiger charge is 2.34. The molecule has 0 unspecified atom stereocenters. The van der Waals surface area contributed by atoms with E-state index < -0.39 is 35.9 Å². The first-order valence-corrected chi connectivity index (χ1v) is 7.85. The van der Waals surface area contributed by atoms with Gasteiger partial charge in [-0.25, -0.2) is 4.39 Å². The average Bonchev–Trinajstić information content (AvgIpc) is 2.55. The van der Waals surface area contributed by atoms with Crippen molar-refractivity contribution >= 4 is 28.9 Å². The van der Waals surface area contributed by atoms with Gasteiger partial charge in [-0.2, -0.15) is 13.2 Å². The second kappa shape index (κ2) is 8.07. The number of halogens is 4. The molecule has 2 amide bonds. The number of carbonyl (C=O) groups is 2. The van der Waals surface area contributed by atoms with Crippen molar-refractivity contribution in [2.75, 3.05) is 22.5 Å². The van der Waals surface area contributed by atoms with Crippen molar-refractivity contribution in [3.63, 3.8) is 0 Å². The lowest BCUT2D eigenvalue weighted by molar-refractivity contribution is -0.137. The molecule has 0 saturated carbocycles. The number of hydrogen-bond donors (Lipinski definition) is 3. The number of nitrogens with one attached hydrogen (secondary N) is 3. The summed E-state index contributed by atoms with van der Waals surface area (Å²) >= 11 is 0. The maximum atomic E-state index is 13.5. The summed E-state index contributed by atoms with van der Waals surface area (Å²) in [6, 6.07) is 7.26. The number of anilines is 3. The Balaban J connectivity index is 2.10. The highest BCUT2D eigenvalue weighted by atomic mass is 19.4. The SMILES string of the molecule is CC(=O)Nc1ccc(NCC(=O)Nc2ccc(C)c(F)c2)c(C(F)(F)F)c1. The minimum absolute atomic E-state index is 0.0139. The number of carbonyl (C=O) groups excluding carboxylic acids is 2. The van der Waals surface area contributed by atoms with Crippen LogP contribution in [0.3, 0.4) is 0 Å². The van der Waals surface area contributed by atoms with Crippen LogP contribution < -0.4 is 16.0 Å². The summed E-state index contributed by atoms with van der Waals surface area (Å²) in [4.78, 5) is 22.9. The van der Waals surface area contributed by atoms with E-state index in [1.807, 2.05) is 0 Å².